The van der Waals surface area contributed by atoms with Crippen LogP contribution in [0.4, 0.5) is 4.39 Å². The van der Waals surface area contributed by atoms with E-state index in [0.717, 1.165) is 18.9 Å². The molecule has 2 N–H and O–H groups in total. The predicted octanol–water partition coefficient (Wildman–Crippen LogP) is 2.02. The summed E-state index contributed by atoms with van der Waals surface area (Å²) < 4.78 is 51.3. The minimum absolute atomic E-state index is 0. The van der Waals surface area contributed by atoms with Gasteiger partial charge in [0, 0.05) is 26.2 Å². The first-order valence-electron chi connectivity index (χ1n) is 8.03. The first-order chi connectivity index (χ1) is 11.4. The summed E-state index contributed by atoms with van der Waals surface area (Å²) in [5.74, 6) is -0.385. The Morgan fingerprint density at radius 3 is 2.76 bits per heavy atom. The fourth-order valence-electron chi connectivity index (χ4n) is 2.80. The van der Waals surface area contributed by atoms with E-state index in [4.69, 9.17) is 15.2 Å². The molecule has 25 heavy (non-hydrogen) atoms. The van der Waals surface area contributed by atoms with E-state index in [2.05, 4.69) is 0 Å². The summed E-state index contributed by atoms with van der Waals surface area (Å²) in [5, 5.41) is 0. The van der Waals surface area contributed by atoms with Crippen molar-refractivity contribution in [3.63, 3.8) is 0 Å². The molecule has 0 radical (unpaired) electrons. The first kappa shape index (κ1) is 22.1. The Bertz CT molecular complexity index is 658. The van der Waals surface area contributed by atoms with Crippen LogP contribution in [0, 0.1) is 11.7 Å². The van der Waals surface area contributed by atoms with Gasteiger partial charge in [0.15, 0.2) is 0 Å². The molecule has 6 nitrogen and oxygen atoms in total. The Balaban J connectivity index is 0.00000312. The first-order valence-corrected chi connectivity index (χ1v) is 9.47. The third-order valence-corrected chi connectivity index (χ3v) is 6.12. The van der Waals surface area contributed by atoms with Crippen LogP contribution in [-0.4, -0.2) is 52.2 Å². The zero-order chi connectivity index (χ0) is 17.7. The minimum atomic E-state index is -3.85. The molecule has 1 heterocycles. The van der Waals surface area contributed by atoms with Crippen molar-refractivity contribution in [3.05, 3.63) is 24.0 Å². The number of hydrogen-bond donors (Lipinski definition) is 1. The van der Waals surface area contributed by atoms with Gasteiger partial charge >= 0.3 is 0 Å². The number of benzene rings is 1. The molecule has 1 aliphatic rings. The standard InChI is InChI=1S/C16H25FN2O4S.ClH/c1-12(18)13-4-3-7-19(11-13)24(20,21)16-10-14(17)5-6-15(16)23-9-8-22-2;/h5-6,10,12-13H,3-4,7-9,11,18H2,1-2H3;1H. The number of sulfonamides is 1. The maximum Gasteiger partial charge on any atom is 0.246 e. The summed E-state index contributed by atoms with van der Waals surface area (Å²) in [6.45, 7) is 3.12. The lowest BCUT2D eigenvalue weighted by Crippen LogP contribution is -2.45. The highest BCUT2D eigenvalue weighted by atomic mass is 35.5. The molecule has 2 rings (SSSR count). The maximum absolute atomic E-state index is 13.7. The number of rotatable bonds is 7. The largest absolute Gasteiger partial charge is 0.490 e. The van der Waals surface area contributed by atoms with Gasteiger partial charge in [-0.25, -0.2) is 12.8 Å². The second kappa shape index (κ2) is 9.68. The lowest BCUT2D eigenvalue weighted by Gasteiger charge is -2.34. The molecule has 1 aromatic carbocycles. The normalized spacial score (nSPS) is 19.9. The van der Waals surface area contributed by atoms with Crippen molar-refractivity contribution in [1.29, 1.82) is 0 Å². The zero-order valence-corrected chi connectivity index (χ0v) is 16.1. The number of nitrogens with two attached hydrogens (primary N) is 1. The topological polar surface area (TPSA) is 81.9 Å². The van der Waals surface area contributed by atoms with Crippen molar-refractivity contribution in [2.45, 2.75) is 30.7 Å². The molecule has 1 aliphatic heterocycles. The van der Waals surface area contributed by atoms with Crippen molar-refractivity contribution >= 4 is 22.4 Å². The minimum Gasteiger partial charge on any atom is -0.490 e. The van der Waals surface area contributed by atoms with E-state index < -0.39 is 15.8 Å². The average Bonchev–Trinajstić information content (AvgIpc) is 2.56. The van der Waals surface area contributed by atoms with Gasteiger partial charge < -0.3 is 15.2 Å². The molecular weight excluding hydrogens is 371 g/mol. The lowest BCUT2D eigenvalue weighted by atomic mass is 9.93. The fourth-order valence-corrected chi connectivity index (χ4v) is 4.48. The molecule has 0 bridgehead atoms. The second-order valence-electron chi connectivity index (χ2n) is 6.06. The smallest absolute Gasteiger partial charge is 0.246 e. The van der Waals surface area contributed by atoms with Crippen LogP contribution >= 0.6 is 12.4 Å². The van der Waals surface area contributed by atoms with Crippen molar-refractivity contribution in [1.82, 2.24) is 4.31 Å². The molecule has 2 unspecified atom stereocenters. The van der Waals surface area contributed by atoms with Crippen molar-refractivity contribution in [2.24, 2.45) is 11.7 Å². The Morgan fingerprint density at radius 2 is 2.12 bits per heavy atom. The molecule has 0 spiro atoms. The number of halogens is 2. The van der Waals surface area contributed by atoms with Crippen molar-refractivity contribution in [2.75, 3.05) is 33.4 Å². The van der Waals surface area contributed by atoms with Crippen LogP contribution < -0.4 is 10.5 Å². The molecule has 1 aromatic rings. The van der Waals surface area contributed by atoms with Gasteiger partial charge in [0.2, 0.25) is 10.0 Å². The molecule has 0 amide bonds. The molecule has 1 fully saturated rings. The van der Waals surface area contributed by atoms with E-state index in [1.54, 1.807) is 0 Å². The lowest BCUT2D eigenvalue weighted by molar-refractivity contribution is 0.144. The Kier molecular flexibility index (Phi) is 8.56. The third kappa shape index (κ3) is 5.52. The monoisotopic (exact) mass is 396 g/mol. The number of nitrogens with zero attached hydrogens (tertiary/aromatic N) is 1. The molecular formula is C16H26ClFN2O4S. The van der Waals surface area contributed by atoms with Crippen LogP contribution in [0.2, 0.25) is 0 Å². The van der Waals surface area contributed by atoms with E-state index in [0.29, 0.717) is 19.7 Å². The third-order valence-electron chi connectivity index (χ3n) is 4.23. The van der Waals surface area contributed by atoms with Crippen molar-refractivity contribution in [3.8, 4) is 5.75 Å². The summed E-state index contributed by atoms with van der Waals surface area (Å²) in [6, 6.07) is 3.44. The SMILES string of the molecule is COCCOc1ccc(F)cc1S(=O)(=O)N1CCCC(C(C)N)C1.Cl. The Hall–Kier alpha value is -0.930. The van der Waals surface area contributed by atoms with Gasteiger partial charge in [-0.1, -0.05) is 0 Å². The highest BCUT2D eigenvalue weighted by molar-refractivity contribution is 7.89. The number of ether oxygens (including phenoxy) is 2. The van der Waals surface area contributed by atoms with E-state index >= 15 is 0 Å². The molecule has 2 atom stereocenters. The summed E-state index contributed by atoms with van der Waals surface area (Å²) in [7, 11) is -2.33. The highest BCUT2D eigenvalue weighted by Crippen LogP contribution is 2.31. The summed E-state index contributed by atoms with van der Waals surface area (Å²) in [5.41, 5.74) is 5.93. The number of piperidine rings is 1. The Morgan fingerprint density at radius 1 is 1.40 bits per heavy atom. The van der Waals surface area contributed by atoms with Gasteiger partial charge in [0.25, 0.3) is 0 Å². The number of methoxy groups -OCH3 is 1. The molecule has 1 saturated heterocycles. The molecule has 144 valence electrons. The van der Waals surface area contributed by atoms with Crippen LogP contribution in [0.1, 0.15) is 19.8 Å². The van der Waals surface area contributed by atoms with Gasteiger partial charge in [-0.2, -0.15) is 4.31 Å². The number of hydrogen-bond acceptors (Lipinski definition) is 5. The molecule has 0 aliphatic carbocycles. The molecule has 0 saturated carbocycles. The van der Waals surface area contributed by atoms with E-state index in [-0.39, 0.29) is 41.6 Å². The maximum atomic E-state index is 13.7. The van der Waals surface area contributed by atoms with Crippen LogP contribution in [0.5, 0.6) is 5.75 Å². The van der Waals surface area contributed by atoms with Crippen LogP contribution in [0.25, 0.3) is 0 Å². The van der Waals surface area contributed by atoms with Crippen LogP contribution in [0.15, 0.2) is 23.1 Å². The second-order valence-corrected chi connectivity index (χ2v) is 7.96. The van der Waals surface area contributed by atoms with E-state index in [1.807, 2.05) is 6.92 Å². The molecule has 9 heteroatoms. The van der Waals surface area contributed by atoms with E-state index in [1.165, 1.54) is 23.5 Å². The van der Waals surface area contributed by atoms with Crippen LogP contribution in [0.3, 0.4) is 0 Å². The average molecular weight is 397 g/mol. The van der Waals surface area contributed by atoms with Crippen LogP contribution in [-0.2, 0) is 14.8 Å². The molecule has 0 aromatic heterocycles. The van der Waals surface area contributed by atoms with Crippen molar-refractivity contribution < 1.29 is 22.3 Å². The Labute approximate surface area is 154 Å². The predicted molar refractivity (Wildman–Crippen MR) is 96.2 cm³/mol. The highest BCUT2D eigenvalue weighted by Gasteiger charge is 2.33. The van der Waals surface area contributed by atoms with E-state index in [9.17, 15) is 12.8 Å². The van der Waals surface area contributed by atoms with Gasteiger partial charge in [0.05, 0.1) is 6.61 Å². The zero-order valence-electron chi connectivity index (χ0n) is 14.5. The van der Waals surface area contributed by atoms with Gasteiger partial charge in [-0.15, -0.1) is 12.4 Å². The fraction of sp³-hybridized carbons (Fsp3) is 0.625. The van der Waals surface area contributed by atoms with Gasteiger partial charge in [0.1, 0.15) is 23.1 Å². The van der Waals surface area contributed by atoms with Gasteiger partial charge in [-0.3, -0.25) is 0 Å². The quantitative estimate of drug-likeness (QED) is 0.713. The van der Waals surface area contributed by atoms with Gasteiger partial charge in [-0.05, 0) is 43.9 Å². The summed E-state index contributed by atoms with van der Waals surface area (Å²) >= 11 is 0. The summed E-state index contributed by atoms with van der Waals surface area (Å²) in [6.07, 6.45) is 1.63. The summed E-state index contributed by atoms with van der Waals surface area (Å²) in [4.78, 5) is -0.149.